The number of amides is 2. The highest BCUT2D eigenvalue weighted by Crippen LogP contribution is 2.29. The molecule has 2 aliphatic rings. The number of nitrogens with zero attached hydrogens (tertiary/aromatic N) is 3. The molecule has 152 valence electrons. The molecule has 2 fully saturated rings. The third kappa shape index (κ3) is 3.49. The molecule has 1 aliphatic carbocycles. The van der Waals surface area contributed by atoms with Crippen LogP contribution in [0.4, 0.5) is 21.7 Å². The SMILES string of the molecule is Cc1ccc(F)c(Nc2cc(NC3CC3)n3ncc(C=C4CC(=O)NC4=O)c3n2)c1. The molecular formula is C21H19FN6O2. The maximum atomic E-state index is 14.3. The van der Waals surface area contributed by atoms with Gasteiger partial charge in [-0.2, -0.15) is 9.61 Å². The maximum absolute atomic E-state index is 14.3. The Kier molecular flexibility index (Phi) is 4.23. The van der Waals surface area contributed by atoms with Crippen LogP contribution >= 0.6 is 0 Å². The van der Waals surface area contributed by atoms with E-state index in [0.717, 1.165) is 24.2 Å². The fourth-order valence-corrected chi connectivity index (χ4v) is 3.37. The third-order valence-electron chi connectivity index (χ3n) is 5.04. The first kappa shape index (κ1) is 18.3. The first-order chi connectivity index (χ1) is 14.5. The van der Waals surface area contributed by atoms with Crippen molar-refractivity contribution < 1.29 is 14.0 Å². The number of fused-ring (bicyclic) bond motifs is 1. The van der Waals surface area contributed by atoms with E-state index in [0.29, 0.717) is 34.3 Å². The zero-order chi connectivity index (χ0) is 20.8. The smallest absolute Gasteiger partial charge is 0.254 e. The normalized spacial score (nSPS) is 17.6. The van der Waals surface area contributed by atoms with Gasteiger partial charge in [0.1, 0.15) is 17.5 Å². The molecule has 1 saturated carbocycles. The number of halogens is 1. The van der Waals surface area contributed by atoms with Crippen molar-refractivity contribution in [3.63, 3.8) is 0 Å². The van der Waals surface area contributed by atoms with Crippen molar-refractivity contribution in [2.45, 2.75) is 32.2 Å². The molecule has 0 radical (unpaired) electrons. The summed E-state index contributed by atoms with van der Waals surface area (Å²) in [7, 11) is 0. The molecule has 9 heteroatoms. The average molecular weight is 406 g/mol. The standard InChI is InChI=1S/C21H19FN6O2/c1-11-2-5-15(22)16(6-11)25-17-9-18(24-14-3-4-14)28-20(26-17)13(10-23-28)7-12-8-19(29)27-21(12)30/h2,5-7,9-10,14,24H,3-4,8H2,1H3,(H,25,26)(H,27,29,30). The summed E-state index contributed by atoms with van der Waals surface area (Å²) in [4.78, 5) is 28.0. The lowest BCUT2D eigenvalue weighted by molar-refractivity contribution is -0.124. The van der Waals surface area contributed by atoms with Gasteiger partial charge in [-0.15, -0.1) is 0 Å². The van der Waals surface area contributed by atoms with E-state index in [1.165, 1.54) is 6.07 Å². The van der Waals surface area contributed by atoms with Crippen molar-refractivity contribution in [2.75, 3.05) is 10.6 Å². The molecule has 3 aromatic rings. The van der Waals surface area contributed by atoms with Crippen LogP contribution in [0.5, 0.6) is 0 Å². The maximum Gasteiger partial charge on any atom is 0.254 e. The number of carbonyl (C=O) groups is 2. The molecule has 1 aliphatic heterocycles. The molecule has 0 atom stereocenters. The first-order valence-electron chi connectivity index (χ1n) is 9.69. The zero-order valence-electron chi connectivity index (χ0n) is 16.2. The second-order valence-electron chi connectivity index (χ2n) is 7.61. The van der Waals surface area contributed by atoms with Gasteiger partial charge in [-0.3, -0.25) is 14.9 Å². The Labute approximate surface area is 171 Å². The van der Waals surface area contributed by atoms with E-state index in [-0.39, 0.29) is 18.1 Å². The lowest BCUT2D eigenvalue weighted by Gasteiger charge is -2.12. The molecule has 3 N–H and O–H groups in total. The molecule has 2 amide bonds. The van der Waals surface area contributed by atoms with Crippen molar-refractivity contribution in [3.05, 3.63) is 53.0 Å². The highest BCUT2D eigenvalue weighted by Gasteiger charge is 2.25. The number of anilines is 3. The Hall–Kier alpha value is -3.75. The Morgan fingerprint density at radius 2 is 2.10 bits per heavy atom. The van der Waals surface area contributed by atoms with Crippen molar-refractivity contribution in [2.24, 2.45) is 0 Å². The van der Waals surface area contributed by atoms with Gasteiger partial charge in [0.15, 0.2) is 5.65 Å². The topological polar surface area (TPSA) is 100 Å². The molecular weight excluding hydrogens is 387 g/mol. The zero-order valence-corrected chi connectivity index (χ0v) is 16.2. The number of rotatable bonds is 5. The van der Waals surface area contributed by atoms with Crippen molar-refractivity contribution in [1.82, 2.24) is 19.9 Å². The minimum atomic E-state index is -0.410. The Balaban J connectivity index is 1.59. The second kappa shape index (κ2) is 6.94. The van der Waals surface area contributed by atoms with Crippen molar-refractivity contribution in [1.29, 1.82) is 0 Å². The monoisotopic (exact) mass is 406 g/mol. The fourth-order valence-electron chi connectivity index (χ4n) is 3.37. The van der Waals surface area contributed by atoms with Gasteiger partial charge in [0.2, 0.25) is 5.91 Å². The molecule has 0 spiro atoms. The van der Waals surface area contributed by atoms with E-state index < -0.39 is 5.91 Å². The summed E-state index contributed by atoms with van der Waals surface area (Å²) in [6, 6.07) is 6.96. The van der Waals surface area contributed by atoms with Crippen molar-refractivity contribution in [3.8, 4) is 0 Å². The number of aryl methyl sites for hydroxylation is 1. The summed E-state index contributed by atoms with van der Waals surface area (Å²) in [5.74, 6) is 0.0451. The van der Waals surface area contributed by atoms with Crippen LogP contribution in [0.3, 0.4) is 0 Å². The second-order valence-corrected chi connectivity index (χ2v) is 7.61. The number of nitrogens with one attached hydrogen (secondary N) is 3. The van der Waals surface area contributed by atoms with E-state index in [4.69, 9.17) is 0 Å². The molecule has 0 bridgehead atoms. The van der Waals surface area contributed by atoms with Crippen LogP contribution in [0.15, 0.2) is 36.0 Å². The number of imide groups is 1. The Morgan fingerprint density at radius 3 is 2.83 bits per heavy atom. The van der Waals surface area contributed by atoms with Crippen LogP contribution in [0.25, 0.3) is 11.7 Å². The molecule has 2 aromatic heterocycles. The minimum Gasteiger partial charge on any atom is -0.367 e. The van der Waals surface area contributed by atoms with Gasteiger partial charge < -0.3 is 10.6 Å². The minimum absolute atomic E-state index is 0.0236. The van der Waals surface area contributed by atoms with E-state index in [9.17, 15) is 14.0 Å². The van der Waals surface area contributed by atoms with Crippen LogP contribution in [-0.2, 0) is 9.59 Å². The van der Waals surface area contributed by atoms with Crippen LogP contribution < -0.4 is 16.0 Å². The van der Waals surface area contributed by atoms with Gasteiger partial charge in [-0.25, -0.2) is 9.37 Å². The highest BCUT2D eigenvalue weighted by molar-refractivity contribution is 6.15. The predicted molar refractivity (Wildman–Crippen MR) is 110 cm³/mol. The first-order valence-corrected chi connectivity index (χ1v) is 9.69. The molecule has 3 heterocycles. The lowest BCUT2D eigenvalue weighted by atomic mass is 10.1. The lowest BCUT2D eigenvalue weighted by Crippen LogP contribution is -2.19. The summed E-state index contributed by atoms with van der Waals surface area (Å²) in [5, 5.41) is 13.1. The Morgan fingerprint density at radius 1 is 1.27 bits per heavy atom. The fraction of sp³-hybridized carbons (Fsp3) is 0.238. The van der Waals surface area contributed by atoms with Crippen LogP contribution in [0, 0.1) is 12.7 Å². The van der Waals surface area contributed by atoms with Crippen molar-refractivity contribution >= 4 is 40.9 Å². The molecule has 30 heavy (non-hydrogen) atoms. The molecule has 0 unspecified atom stereocenters. The summed E-state index contributed by atoms with van der Waals surface area (Å²) < 4.78 is 15.9. The predicted octanol–water partition coefficient (Wildman–Crippen LogP) is 2.92. The number of hydrogen-bond donors (Lipinski definition) is 3. The number of hydrogen-bond acceptors (Lipinski definition) is 6. The van der Waals surface area contributed by atoms with Gasteiger partial charge in [-0.05, 0) is 43.5 Å². The molecule has 5 rings (SSSR count). The number of aromatic nitrogens is 3. The van der Waals surface area contributed by atoms with E-state index in [2.05, 4.69) is 26.0 Å². The number of carbonyl (C=O) groups excluding carboxylic acids is 2. The summed E-state index contributed by atoms with van der Waals surface area (Å²) in [6.07, 6.45) is 5.38. The van der Waals surface area contributed by atoms with Crippen LogP contribution in [-0.4, -0.2) is 32.5 Å². The average Bonchev–Trinajstić information content (AvgIpc) is 3.34. The van der Waals surface area contributed by atoms with Gasteiger partial charge in [0.25, 0.3) is 5.91 Å². The van der Waals surface area contributed by atoms with Crippen LogP contribution in [0.1, 0.15) is 30.4 Å². The Bertz CT molecular complexity index is 1230. The molecule has 1 aromatic carbocycles. The van der Waals surface area contributed by atoms with E-state index >= 15 is 0 Å². The van der Waals surface area contributed by atoms with Gasteiger partial charge in [-0.1, -0.05) is 6.07 Å². The largest absolute Gasteiger partial charge is 0.367 e. The van der Waals surface area contributed by atoms with Gasteiger partial charge in [0, 0.05) is 23.2 Å². The van der Waals surface area contributed by atoms with Gasteiger partial charge >= 0.3 is 0 Å². The summed E-state index contributed by atoms with van der Waals surface area (Å²) in [5.41, 5.74) is 2.70. The highest BCUT2D eigenvalue weighted by atomic mass is 19.1. The summed E-state index contributed by atoms with van der Waals surface area (Å²) >= 11 is 0. The van der Waals surface area contributed by atoms with Crippen LogP contribution in [0.2, 0.25) is 0 Å². The quantitative estimate of drug-likeness (QED) is 0.445. The molecule has 8 nitrogen and oxygen atoms in total. The molecule has 1 saturated heterocycles. The van der Waals surface area contributed by atoms with E-state index in [1.54, 1.807) is 35.0 Å². The van der Waals surface area contributed by atoms with Gasteiger partial charge in [0.05, 0.1) is 18.3 Å². The summed E-state index contributed by atoms with van der Waals surface area (Å²) in [6.45, 7) is 1.89. The number of benzene rings is 1. The third-order valence-corrected chi connectivity index (χ3v) is 5.04. The van der Waals surface area contributed by atoms with E-state index in [1.807, 2.05) is 6.92 Å².